The molecule has 1 aliphatic carbocycles. The van der Waals surface area contributed by atoms with E-state index in [0.717, 1.165) is 32.7 Å². The lowest BCUT2D eigenvalue weighted by Gasteiger charge is -2.17. The van der Waals surface area contributed by atoms with E-state index in [2.05, 4.69) is 127 Å². The van der Waals surface area contributed by atoms with Crippen molar-refractivity contribution >= 4 is 21.5 Å². The van der Waals surface area contributed by atoms with Gasteiger partial charge >= 0.3 is 0 Å². The first kappa shape index (κ1) is 27.2. The molecule has 1 unspecified atom stereocenters. The molecule has 0 fully saturated rings. The van der Waals surface area contributed by atoms with Crippen molar-refractivity contribution in [3.05, 3.63) is 180 Å². The van der Waals surface area contributed by atoms with Crippen LogP contribution in [0.3, 0.4) is 0 Å². The van der Waals surface area contributed by atoms with Gasteiger partial charge in [-0.2, -0.15) is 0 Å². The number of rotatable bonds is 4. The Labute approximate surface area is 273 Å². The normalized spacial score (nSPS) is 13.5. The lowest BCUT2D eigenvalue weighted by Crippen LogP contribution is -2.00. The summed E-state index contributed by atoms with van der Waals surface area (Å²) >= 11 is 0. The monoisotopic (exact) mass is 602 g/mol. The number of phenolic OH excluding ortho intramolecular Hbond substituents is 2. The largest absolute Gasteiger partial charge is 0.508 e. The zero-order valence-electron chi connectivity index (χ0n) is 25.6. The summed E-state index contributed by atoms with van der Waals surface area (Å²) in [7, 11) is 0. The second-order valence-corrected chi connectivity index (χ2v) is 12.5. The van der Waals surface area contributed by atoms with E-state index in [9.17, 15) is 10.2 Å². The fraction of sp³-hybridized carbons (Fsp3) is 0.0222. The van der Waals surface area contributed by atoms with Crippen molar-refractivity contribution in [2.75, 3.05) is 0 Å². The molecule has 2 nitrogen and oxygen atoms in total. The maximum Gasteiger partial charge on any atom is 0.116 e. The Kier molecular flexibility index (Phi) is 6.22. The number of hydrogen-bond donors (Lipinski definition) is 2. The predicted octanol–water partition coefficient (Wildman–Crippen LogP) is 11.6. The van der Waals surface area contributed by atoms with Crippen LogP contribution in [0.25, 0.3) is 66.1 Å². The van der Waals surface area contributed by atoms with Crippen LogP contribution in [0, 0.1) is 0 Å². The third-order valence-corrected chi connectivity index (χ3v) is 9.66. The van der Waals surface area contributed by atoms with Crippen LogP contribution in [-0.2, 0) is 0 Å². The molecule has 2 heteroatoms. The van der Waals surface area contributed by atoms with E-state index < -0.39 is 0 Å². The molecule has 8 aromatic carbocycles. The second-order valence-electron chi connectivity index (χ2n) is 12.5. The van der Waals surface area contributed by atoms with Crippen LogP contribution in [0.15, 0.2) is 164 Å². The second kappa shape index (κ2) is 10.8. The van der Waals surface area contributed by atoms with Gasteiger partial charge in [0.25, 0.3) is 0 Å². The van der Waals surface area contributed by atoms with Crippen molar-refractivity contribution in [2.45, 2.75) is 5.92 Å². The molecule has 8 aromatic rings. The molecule has 9 rings (SSSR count). The zero-order chi connectivity index (χ0) is 31.5. The van der Waals surface area contributed by atoms with E-state index in [0.29, 0.717) is 0 Å². The molecule has 0 amide bonds. The van der Waals surface area contributed by atoms with Crippen LogP contribution in [0.5, 0.6) is 11.5 Å². The molecular weight excluding hydrogens is 572 g/mol. The average molecular weight is 603 g/mol. The molecule has 0 aromatic heterocycles. The smallest absolute Gasteiger partial charge is 0.116 e. The highest BCUT2D eigenvalue weighted by Gasteiger charge is 2.31. The summed E-state index contributed by atoms with van der Waals surface area (Å²) in [5.41, 5.74) is 13.5. The van der Waals surface area contributed by atoms with Gasteiger partial charge in [0.05, 0.1) is 0 Å². The van der Waals surface area contributed by atoms with E-state index in [1.807, 2.05) is 18.2 Å². The molecule has 47 heavy (non-hydrogen) atoms. The Morgan fingerprint density at radius 3 is 1.45 bits per heavy atom. The Hall–Kier alpha value is -6.12. The summed E-state index contributed by atoms with van der Waals surface area (Å²) in [6.07, 6.45) is 0. The number of aromatic hydroxyl groups is 2. The summed E-state index contributed by atoms with van der Waals surface area (Å²) in [5.74, 6) is 0.634. The lowest BCUT2D eigenvalue weighted by molar-refractivity contribution is 0.475. The first-order valence-corrected chi connectivity index (χ1v) is 16.0. The fourth-order valence-electron chi connectivity index (χ4n) is 7.33. The van der Waals surface area contributed by atoms with Gasteiger partial charge in [0.1, 0.15) is 11.5 Å². The number of phenols is 2. The molecule has 0 spiro atoms. The summed E-state index contributed by atoms with van der Waals surface area (Å²) in [6.45, 7) is 0. The van der Waals surface area contributed by atoms with Crippen molar-refractivity contribution in [2.24, 2.45) is 0 Å². The van der Waals surface area contributed by atoms with Gasteiger partial charge in [-0.3, -0.25) is 0 Å². The summed E-state index contributed by atoms with van der Waals surface area (Å²) in [4.78, 5) is 0. The third-order valence-electron chi connectivity index (χ3n) is 9.66. The number of benzene rings is 8. The Balaban J connectivity index is 1.17. The first-order valence-electron chi connectivity index (χ1n) is 16.0. The molecule has 0 heterocycles. The topological polar surface area (TPSA) is 40.5 Å². The van der Waals surface area contributed by atoms with Gasteiger partial charge in [-0.05, 0) is 131 Å². The SMILES string of the molecule is Oc1ccc2cc(-c3cccc(-c4ccc5c(c4)C(c4ccc6cc(O)ccc6c4)c4cc(-c6ccccc6)ccc4-5)c3)ccc2c1. The average Bonchev–Trinajstić information content (AvgIpc) is 3.44. The molecule has 1 aliphatic rings. The first-order chi connectivity index (χ1) is 23.1. The van der Waals surface area contributed by atoms with Gasteiger partial charge in [0.15, 0.2) is 0 Å². The quantitative estimate of drug-likeness (QED) is 0.210. The van der Waals surface area contributed by atoms with E-state index in [-0.39, 0.29) is 17.4 Å². The standard InChI is InChI=1S/C45H30O2/c46-39-17-13-32-22-31(9-10-34(32)24-39)29-7-4-8-30(21-29)37-16-20-42-41-19-15-36(28-5-2-1-3-6-28)26-43(41)45(44(42)27-37)38-12-11-35-25-40(47)18-14-33(35)23-38/h1-27,45-47H. The predicted molar refractivity (Wildman–Crippen MR) is 194 cm³/mol. The fourth-order valence-corrected chi connectivity index (χ4v) is 7.33. The van der Waals surface area contributed by atoms with Gasteiger partial charge in [-0.25, -0.2) is 0 Å². The van der Waals surface area contributed by atoms with E-state index in [1.54, 1.807) is 18.2 Å². The van der Waals surface area contributed by atoms with Crippen LogP contribution >= 0.6 is 0 Å². The number of fused-ring (bicyclic) bond motifs is 5. The van der Waals surface area contributed by atoms with Crippen molar-refractivity contribution < 1.29 is 10.2 Å². The molecular formula is C45H30O2. The Bertz CT molecular complexity index is 2490. The minimum Gasteiger partial charge on any atom is -0.508 e. The molecule has 0 saturated heterocycles. The van der Waals surface area contributed by atoms with Gasteiger partial charge in [0.2, 0.25) is 0 Å². The van der Waals surface area contributed by atoms with Crippen LogP contribution < -0.4 is 0 Å². The highest BCUT2D eigenvalue weighted by Crippen LogP contribution is 2.50. The molecule has 1 atom stereocenters. The van der Waals surface area contributed by atoms with Crippen LogP contribution in [0.1, 0.15) is 22.6 Å². The molecule has 2 N–H and O–H groups in total. The van der Waals surface area contributed by atoms with Crippen LogP contribution in [-0.4, -0.2) is 10.2 Å². The van der Waals surface area contributed by atoms with Crippen molar-refractivity contribution in [1.82, 2.24) is 0 Å². The van der Waals surface area contributed by atoms with Gasteiger partial charge in [-0.1, -0.05) is 115 Å². The minimum absolute atomic E-state index is 0.0712. The summed E-state index contributed by atoms with van der Waals surface area (Å²) in [6, 6.07) is 57.3. The highest BCUT2D eigenvalue weighted by atomic mass is 16.3. The minimum atomic E-state index is 0.0712. The maximum absolute atomic E-state index is 10.1. The Morgan fingerprint density at radius 1 is 0.319 bits per heavy atom. The van der Waals surface area contributed by atoms with E-state index in [4.69, 9.17) is 0 Å². The highest BCUT2D eigenvalue weighted by molar-refractivity contribution is 5.91. The van der Waals surface area contributed by atoms with Crippen molar-refractivity contribution in [3.8, 4) is 56.0 Å². The van der Waals surface area contributed by atoms with E-state index in [1.165, 1.54) is 50.1 Å². The molecule has 222 valence electrons. The maximum atomic E-state index is 10.1. The van der Waals surface area contributed by atoms with Gasteiger partial charge in [-0.15, -0.1) is 0 Å². The van der Waals surface area contributed by atoms with E-state index >= 15 is 0 Å². The van der Waals surface area contributed by atoms with Crippen LogP contribution in [0.4, 0.5) is 0 Å². The lowest BCUT2D eigenvalue weighted by atomic mass is 9.86. The molecule has 0 bridgehead atoms. The van der Waals surface area contributed by atoms with Crippen molar-refractivity contribution in [3.63, 3.8) is 0 Å². The molecule has 0 saturated carbocycles. The zero-order valence-corrected chi connectivity index (χ0v) is 25.6. The summed E-state index contributed by atoms with van der Waals surface area (Å²) in [5, 5.41) is 24.3. The molecule has 0 aliphatic heterocycles. The number of hydrogen-bond acceptors (Lipinski definition) is 2. The van der Waals surface area contributed by atoms with Gasteiger partial charge < -0.3 is 10.2 Å². The molecule has 0 radical (unpaired) electrons. The van der Waals surface area contributed by atoms with Crippen molar-refractivity contribution in [1.29, 1.82) is 0 Å². The van der Waals surface area contributed by atoms with Crippen LogP contribution in [0.2, 0.25) is 0 Å². The summed E-state index contributed by atoms with van der Waals surface area (Å²) < 4.78 is 0. The van der Waals surface area contributed by atoms with Gasteiger partial charge in [0, 0.05) is 5.92 Å². The Morgan fingerprint density at radius 2 is 0.787 bits per heavy atom. The third kappa shape index (κ3) is 4.74.